The summed E-state index contributed by atoms with van der Waals surface area (Å²) in [6.07, 6.45) is 3.63. The van der Waals surface area contributed by atoms with Crippen molar-refractivity contribution in [2.75, 3.05) is 25.0 Å². The topological polar surface area (TPSA) is 70.2 Å². The Morgan fingerprint density at radius 2 is 1.88 bits per heavy atom. The van der Waals surface area contributed by atoms with Crippen LogP contribution in [0.4, 0.5) is 5.13 Å². The minimum atomic E-state index is -0.228. The number of halogens is 2. The quantitative estimate of drug-likeness (QED) is 0.174. The number of thiazole rings is 1. The molecule has 0 radical (unpaired) electrons. The van der Waals surface area contributed by atoms with Gasteiger partial charge in [-0.15, -0.1) is 11.3 Å². The summed E-state index contributed by atoms with van der Waals surface area (Å²) in [5, 5.41) is 8.59. The van der Waals surface area contributed by atoms with Crippen LogP contribution in [-0.4, -0.2) is 40.5 Å². The molecule has 0 saturated carbocycles. The third-order valence-electron chi connectivity index (χ3n) is 7.23. The van der Waals surface area contributed by atoms with Crippen LogP contribution in [0.2, 0.25) is 10.0 Å². The van der Waals surface area contributed by atoms with Crippen LogP contribution in [0.25, 0.3) is 10.9 Å². The molecule has 1 aliphatic rings. The first-order chi connectivity index (χ1) is 19.5. The monoisotopic (exact) mass is 590 g/mol. The predicted molar refractivity (Wildman–Crippen MR) is 163 cm³/mol. The first-order valence-electron chi connectivity index (χ1n) is 13.3. The summed E-state index contributed by atoms with van der Waals surface area (Å²) in [7, 11) is 0. The minimum absolute atomic E-state index is 0.121. The Kier molecular flexibility index (Phi) is 7.96. The second kappa shape index (κ2) is 11.9. The molecule has 204 valence electrons. The lowest BCUT2D eigenvalue weighted by Gasteiger charge is -2.36. The van der Waals surface area contributed by atoms with E-state index in [0.717, 1.165) is 45.0 Å². The molecule has 3 aromatic carbocycles. The van der Waals surface area contributed by atoms with Gasteiger partial charge < -0.3 is 19.9 Å². The molecule has 0 saturated heterocycles. The van der Waals surface area contributed by atoms with Gasteiger partial charge in [0.15, 0.2) is 5.13 Å². The number of aryl methyl sites for hydroxylation is 1. The van der Waals surface area contributed by atoms with Gasteiger partial charge in [0.05, 0.1) is 12.6 Å². The number of carbonyl (C=O) groups excluding carboxylic acids is 1. The number of rotatable bonds is 9. The smallest absolute Gasteiger partial charge is 0.223 e. The lowest BCUT2D eigenvalue weighted by atomic mass is 9.91. The standard InChI is InChI=1S/C31H28Cl2N4O2S/c32-22-6-1-20(2-7-22)3-12-28(38)37-16-13-25-26-19-23(33)8-11-27(26)36-29(25)30(37)21-4-9-24(10-5-21)39-17-14-34-31-35-15-18-40-31/h1-2,4-11,15,18-19,30,36H,3,12-14,16-17H2,(H,34,35)/t30-/m0/s1. The Hall–Kier alpha value is -3.52. The van der Waals surface area contributed by atoms with Crippen LogP contribution in [0.5, 0.6) is 5.75 Å². The van der Waals surface area contributed by atoms with E-state index in [2.05, 4.69) is 27.4 Å². The van der Waals surface area contributed by atoms with Crippen molar-refractivity contribution < 1.29 is 9.53 Å². The lowest BCUT2D eigenvalue weighted by Crippen LogP contribution is -2.40. The summed E-state index contributed by atoms with van der Waals surface area (Å²) in [5.74, 6) is 0.903. The van der Waals surface area contributed by atoms with Gasteiger partial charge in [0.2, 0.25) is 5.91 Å². The summed E-state index contributed by atoms with van der Waals surface area (Å²) < 4.78 is 5.95. The second-order valence-corrected chi connectivity index (χ2v) is 11.5. The van der Waals surface area contributed by atoms with Crippen molar-refractivity contribution in [1.29, 1.82) is 0 Å². The maximum atomic E-state index is 13.7. The molecule has 0 fully saturated rings. The van der Waals surface area contributed by atoms with Gasteiger partial charge in [-0.3, -0.25) is 4.79 Å². The van der Waals surface area contributed by atoms with E-state index in [1.807, 2.05) is 64.9 Å². The third-order valence-corrected chi connectivity index (χ3v) is 8.44. The number of fused-ring (bicyclic) bond motifs is 3. The number of H-pyrrole nitrogens is 1. The molecule has 1 amide bonds. The highest BCUT2D eigenvalue weighted by atomic mass is 35.5. The number of ether oxygens (including phenoxy) is 1. The van der Waals surface area contributed by atoms with Gasteiger partial charge >= 0.3 is 0 Å². The molecule has 5 aromatic rings. The van der Waals surface area contributed by atoms with Crippen LogP contribution in [0, 0.1) is 0 Å². The lowest BCUT2D eigenvalue weighted by molar-refractivity contribution is -0.133. The predicted octanol–water partition coefficient (Wildman–Crippen LogP) is 7.53. The van der Waals surface area contributed by atoms with E-state index in [1.165, 1.54) is 5.56 Å². The van der Waals surface area contributed by atoms with Crippen molar-refractivity contribution in [2.24, 2.45) is 0 Å². The van der Waals surface area contributed by atoms with Crippen LogP contribution in [0.3, 0.4) is 0 Å². The largest absolute Gasteiger partial charge is 0.492 e. The second-order valence-electron chi connectivity index (χ2n) is 9.75. The number of hydrogen-bond acceptors (Lipinski definition) is 5. The van der Waals surface area contributed by atoms with Gasteiger partial charge in [-0.25, -0.2) is 4.98 Å². The summed E-state index contributed by atoms with van der Waals surface area (Å²) in [6.45, 7) is 1.82. The molecule has 0 bridgehead atoms. The average molecular weight is 592 g/mol. The Morgan fingerprint density at radius 3 is 2.65 bits per heavy atom. The minimum Gasteiger partial charge on any atom is -0.492 e. The Labute approximate surface area is 246 Å². The normalized spacial score (nSPS) is 14.8. The van der Waals surface area contributed by atoms with Crippen LogP contribution in [0.15, 0.2) is 78.3 Å². The molecule has 0 aliphatic carbocycles. The van der Waals surface area contributed by atoms with Gasteiger partial charge in [-0.1, -0.05) is 47.5 Å². The molecule has 40 heavy (non-hydrogen) atoms. The number of benzene rings is 3. The number of amides is 1. The van der Waals surface area contributed by atoms with Crippen LogP contribution < -0.4 is 10.1 Å². The molecule has 6 rings (SSSR count). The van der Waals surface area contributed by atoms with Crippen molar-refractivity contribution in [3.63, 3.8) is 0 Å². The van der Waals surface area contributed by atoms with Gasteiger partial charge in [-0.2, -0.15) is 0 Å². The highest BCUT2D eigenvalue weighted by Crippen LogP contribution is 2.40. The first kappa shape index (κ1) is 26.7. The molecule has 1 atom stereocenters. The number of hydrogen-bond donors (Lipinski definition) is 2. The van der Waals surface area contributed by atoms with E-state index >= 15 is 0 Å². The third kappa shape index (κ3) is 5.82. The SMILES string of the molecule is O=C(CCc1ccc(Cl)cc1)N1CCc2c([nH]c3ccc(Cl)cc23)[C@@H]1c1ccc(OCCNc2nccs2)cc1. The van der Waals surface area contributed by atoms with Crippen molar-refractivity contribution in [3.05, 3.63) is 111 Å². The summed E-state index contributed by atoms with van der Waals surface area (Å²) >= 11 is 14.0. The summed E-state index contributed by atoms with van der Waals surface area (Å²) in [6, 6.07) is 21.4. The highest BCUT2D eigenvalue weighted by Gasteiger charge is 2.34. The first-order valence-corrected chi connectivity index (χ1v) is 14.9. The summed E-state index contributed by atoms with van der Waals surface area (Å²) in [5.41, 5.74) is 5.43. The fourth-order valence-corrected chi connectivity index (χ4v) is 6.16. The fourth-order valence-electron chi connectivity index (χ4n) is 5.31. The van der Waals surface area contributed by atoms with Crippen molar-refractivity contribution in [3.8, 4) is 5.75 Å². The van der Waals surface area contributed by atoms with E-state index in [1.54, 1.807) is 17.5 Å². The number of aromatic nitrogens is 2. The van der Waals surface area contributed by atoms with Crippen LogP contribution in [0.1, 0.15) is 34.8 Å². The molecular formula is C31H28Cl2N4O2S. The number of carbonyl (C=O) groups is 1. The van der Waals surface area contributed by atoms with E-state index in [4.69, 9.17) is 27.9 Å². The Morgan fingerprint density at radius 1 is 1.07 bits per heavy atom. The van der Waals surface area contributed by atoms with E-state index in [-0.39, 0.29) is 11.9 Å². The molecule has 3 heterocycles. The fraction of sp³-hybridized carbons (Fsp3) is 0.226. The number of nitrogens with zero attached hydrogens (tertiary/aromatic N) is 2. The van der Waals surface area contributed by atoms with Gasteiger partial charge in [-0.05, 0) is 72.0 Å². The molecule has 2 aromatic heterocycles. The molecule has 1 aliphatic heterocycles. The molecule has 0 spiro atoms. The van der Waals surface area contributed by atoms with Crippen LogP contribution >= 0.6 is 34.5 Å². The molecule has 2 N–H and O–H groups in total. The van der Waals surface area contributed by atoms with Crippen LogP contribution in [-0.2, 0) is 17.6 Å². The summed E-state index contributed by atoms with van der Waals surface area (Å²) in [4.78, 5) is 23.5. The Bertz CT molecular complexity index is 1600. The maximum Gasteiger partial charge on any atom is 0.223 e. The van der Waals surface area contributed by atoms with E-state index in [9.17, 15) is 4.79 Å². The highest BCUT2D eigenvalue weighted by molar-refractivity contribution is 7.13. The Balaban J connectivity index is 1.23. The van der Waals surface area contributed by atoms with Crippen molar-refractivity contribution >= 4 is 56.5 Å². The number of aromatic amines is 1. The molecular weight excluding hydrogens is 563 g/mol. The number of nitrogens with one attached hydrogen (secondary N) is 2. The maximum absolute atomic E-state index is 13.7. The van der Waals surface area contributed by atoms with E-state index < -0.39 is 0 Å². The van der Waals surface area contributed by atoms with E-state index in [0.29, 0.717) is 42.6 Å². The average Bonchev–Trinajstić information content (AvgIpc) is 3.62. The zero-order valence-electron chi connectivity index (χ0n) is 21.7. The zero-order valence-corrected chi connectivity index (χ0v) is 24.0. The van der Waals surface area contributed by atoms with Gasteiger partial charge in [0, 0.05) is 51.2 Å². The molecule has 6 nitrogen and oxygen atoms in total. The van der Waals surface area contributed by atoms with Crippen molar-refractivity contribution in [2.45, 2.75) is 25.3 Å². The number of anilines is 1. The van der Waals surface area contributed by atoms with Gasteiger partial charge in [0.25, 0.3) is 0 Å². The molecule has 9 heteroatoms. The van der Waals surface area contributed by atoms with Crippen molar-refractivity contribution in [1.82, 2.24) is 14.9 Å². The molecule has 0 unspecified atom stereocenters. The van der Waals surface area contributed by atoms with Gasteiger partial charge in [0.1, 0.15) is 12.4 Å². The zero-order chi connectivity index (χ0) is 27.5.